The quantitative estimate of drug-likeness (QED) is 0.463. The highest BCUT2D eigenvalue weighted by Crippen LogP contribution is 2.38. The van der Waals surface area contributed by atoms with Crippen LogP contribution in [-0.4, -0.2) is 23.1 Å². The largest absolute Gasteiger partial charge is 0.573 e. The van der Waals surface area contributed by atoms with Crippen LogP contribution in [0, 0.1) is 17.6 Å². The Morgan fingerprint density at radius 1 is 0.909 bits per heavy atom. The smallest absolute Gasteiger partial charge is 0.481 e. The van der Waals surface area contributed by atoms with Crippen molar-refractivity contribution in [3.05, 3.63) is 89.5 Å². The van der Waals surface area contributed by atoms with Gasteiger partial charge in [0.25, 0.3) is 0 Å². The molecule has 0 radical (unpaired) electrons. The van der Waals surface area contributed by atoms with Gasteiger partial charge in [0, 0.05) is 12.1 Å². The van der Waals surface area contributed by atoms with Gasteiger partial charge in [-0.25, -0.2) is 8.78 Å². The molecule has 170 valence electrons. The number of halogens is 5. The van der Waals surface area contributed by atoms with Crippen molar-refractivity contribution in [2.75, 3.05) is 0 Å². The molecule has 0 saturated carbocycles. The maximum Gasteiger partial charge on any atom is 0.573 e. The van der Waals surface area contributed by atoms with Gasteiger partial charge in [0.05, 0.1) is 17.5 Å². The lowest BCUT2D eigenvalue weighted by Gasteiger charge is -2.15. The first-order valence-electron chi connectivity index (χ1n) is 9.82. The van der Waals surface area contributed by atoms with Crippen LogP contribution in [0.4, 0.5) is 22.0 Å². The average Bonchev–Trinajstić information content (AvgIpc) is 3.18. The van der Waals surface area contributed by atoms with Gasteiger partial charge in [-0.2, -0.15) is 0 Å². The topological polar surface area (TPSA) is 58.9 Å². The Hall–Kier alpha value is -3.75. The van der Waals surface area contributed by atoms with E-state index in [0.717, 1.165) is 12.1 Å². The second-order valence-corrected chi connectivity index (χ2v) is 7.46. The third kappa shape index (κ3) is 4.87. The molecule has 1 N–H and O–H groups in total. The van der Waals surface area contributed by atoms with E-state index >= 15 is 0 Å². The number of carboxylic acids is 1. The van der Waals surface area contributed by atoms with Gasteiger partial charge < -0.3 is 9.84 Å². The van der Waals surface area contributed by atoms with E-state index in [9.17, 15) is 31.9 Å². The van der Waals surface area contributed by atoms with Crippen LogP contribution in [0.15, 0.2) is 71.7 Å². The van der Waals surface area contributed by atoms with E-state index in [0.29, 0.717) is 16.7 Å². The Balaban J connectivity index is 1.60. The van der Waals surface area contributed by atoms with Crippen molar-refractivity contribution in [3.63, 3.8) is 0 Å². The molecule has 1 aliphatic rings. The van der Waals surface area contributed by atoms with Crippen LogP contribution in [0.25, 0.3) is 11.1 Å². The third-order valence-electron chi connectivity index (χ3n) is 5.33. The van der Waals surface area contributed by atoms with Gasteiger partial charge in [-0.1, -0.05) is 42.5 Å². The summed E-state index contributed by atoms with van der Waals surface area (Å²) in [6.07, 6.45) is -4.91. The Bertz CT molecular complexity index is 1180. The number of aliphatic imine (C=N–C) groups is 1. The van der Waals surface area contributed by atoms with E-state index < -0.39 is 35.9 Å². The fourth-order valence-corrected chi connectivity index (χ4v) is 3.82. The standard InChI is InChI=1S/C24H16F5NO3/c25-18-2-1-3-19(26)21(18)20-12-17(23(31)32)22(30-20)15-6-4-13(5-7-15)14-8-10-16(11-9-14)33-24(27,28)29/h1-11,17,22H,12H2,(H,31,32)/t17-,22-/m0/s1. The third-order valence-corrected chi connectivity index (χ3v) is 5.33. The van der Waals surface area contributed by atoms with E-state index in [1.165, 1.54) is 30.3 Å². The van der Waals surface area contributed by atoms with E-state index in [4.69, 9.17) is 0 Å². The van der Waals surface area contributed by atoms with E-state index in [-0.39, 0.29) is 23.4 Å². The van der Waals surface area contributed by atoms with Crippen LogP contribution in [0.1, 0.15) is 23.6 Å². The fourth-order valence-electron chi connectivity index (χ4n) is 3.82. The molecule has 0 saturated heterocycles. The van der Waals surface area contributed by atoms with Crippen molar-refractivity contribution in [1.82, 2.24) is 0 Å². The number of nitrogens with zero attached hydrogens (tertiary/aromatic N) is 1. The maximum atomic E-state index is 14.2. The van der Waals surface area contributed by atoms with Crippen molar-refractivity contribution in [3.8, 4) is 16.9 Å². The Morgan fingerprint density at radius 2 is 1.45 bits per heavy atom. The molecular formula is C24H16F5NO3. The zero-order valence-corrected chi connectivity index (χ0v) is 16.8. The first-order chi connectivity index (χ1) is 15.6. The van der Waals surface area contributed by atoms with Crippen LogP contribution in [0.2, 0.25) is 0 Å². The highest BCUT2D eigenvalue weighted by Gasteiger charge is 2.37. The van der Waals surface area contributed by atoms with Crippen LogP contribution in [-0.2, 0) is 4.79 Å². The normalized spacial score (nSPS) is 18.2. The van der Waals surface area contributed by atoms with Crippen LogP contribution < -0.4 is 4.74 Å². The Labute approximate surface area is 185 Å². The second-order valence-electron chi connectivity index (χ2n) is 7.46. The monoisotopic (exact) mass is 461 g/mol. The first-order valence-corrected chi connectivity index (χ1v) is 9.82. The lowest BCUT2D eigenvalue weighted by Crippen LogP contribution is -2.18. The minimum absolute atomic E-state index is 0.0485. The number of carboxylic acid groups (broad SMARTS) is 1. The molecule has 4 nitrogen and oxygen atoms in total. The summed E-state index contributed by atoms with van der Waals surface area (Å²) in [5.74, 6) is -4.11. The van der Waals surface area contributed by atoms with Gasteiger partial charge in [-0.3, -0.25) is 9.79 Å². The minimum atomic E-state index is -4.78. The molecule has 3 aromatic rings. The number of ether oxygens (including phenoxy) is 1. The summed E-state index contributed by atoms with van der Waals surface area (Å²) in [7, 11) is 0. The van der Waals surface area contributed by atoms with Crippen LogP contribution >= 0.6 is 0 Å². The number of rotatable bonds is 5. The summed E-state index contributed by atoms with van der Waals surface area (Å²) in [5, 5.41) is 9.63. The molecule has 3 aromatic carbocycles. The van der Waals surface area contributed by atoms with Crippen molar-refractivity contribution < 1.29 is 36.6 Å². The molecule has 1 heterocycles. The van der Waals surface area contributed by atoms with E-state index in [1.807, 2.05) is 0 Å². The highest BCUT2D eigenvalue weighted by atomic mass is 19.4. The predicted molar refractivity (Wildman–Crippen MR) is 110 cm³/mol. The van der Waals surface area contributed by atoms with Gasteiger partial charge in [0.1, 0.15) is 17.4 Å². The maximum absolute atomic E-state index is 14.2. The molecule has 33 heavy (non-hydrogen) atoms. The second kappa shape index (κ2) is 8.65. The molecule has 0 aliphatic carbocycles. The molecule has 0 spiro atoms. The Morgan fingerprint density at radius 3 is 1.97 bits per heavy atom. The SMILES string of the molecule is O=C(O)[C@H]1CC(c2c(F)cccc2F)=N[C@H]1c1ccc(-c2ccc(OC(F)(F)F)cc2)cc1. The number of carbonyl (C=O) groups is 1. The number of hydrogen-bond acceptors (Lipinski definition) is 3. The molecule has 9 heteroatoms. The first kappa shape index (κ1) is 22.4. The number of hydrogen-bond donors (Lipinski definition) is 1. The van der Waals surface area contributed by atoms with Gasteiger partial charge in [0.2, 0.25) is 0 Å². The number of alkyl halides is 3. The molecule has 0 bridgehead atoms. The molecule has 1 aliphatic heterocycles. The summed E-state index contributed by atoms with van der Waals surface area (Å²) in [6.45, 7) is 0. The van der Waals surface area contributed by atoms with Crippen LogP contribution in [0.3, 0.4) is 0 Å². The minimum Gasteiger partial charge on any atom is -0.481 e. The van der Waals surface area contributed by atoms with Gasteiger partial charge in [-0.15, -0.1) is 13.2 Å². The summed E-state index contributed by atoms with van der Waals surface area (Å²) in [5.41, 5.74) is 1.55. The average molecular weight is 461 g/mol. The van der Waals surface area contributed by atoms with Crippen molar-refractivity contribution in [2.24, 2.45) is 10.9 Å². The summed E-state index contributed by atoms with van der Waals surface area (Å²) >= 11 is 0. The lowest BCUT2D eigenvalue weighted by molar-refractivity contribution is -0.274. The number of benzene rings is 3. The van der Waals surface area contributed by atoms with E-state index in [1.54, 1.807) is 24.3 Å². The Kier molecular flexibility index (Phi) is 5.88. The molecule has 4 rings (SSSR count). The predicted octanol–water partition coefficient (Wildman–Crippen LogP) is 6.17. The fraction of sp³-hybridized carbons (Fsp3) is 0.167. The van der Waals surface area contributed by atoms with Gasteiger partial charge in [-0.05, 0) is 41.0 Å². The summed E-state index contributed by atoms with van der Waals surface area (Å²) in [6, 6.07) is 14.5. The van der Waals surface area contributed by atoms with Crippen molar-refractivity contribution >= 4 is 11.7 Å². The van der Waals surface area contributed by atoms with E-state index in [2.05, 4.69) is 9.73 Å². The molecule has 0 amide bonds. The molecule has 0 aromatic heterocycles. The number of aliphatic carboxylic acids is 1. The molecule has 2 atom stereocenters. The molecule has 0 unspecified atom stereocenters. The van der Waals surface area contributed by atoms with Crippen LogP contribution in [0.5, 0.6) is 5.75 Å². The highest BCUT2D eigenvalue weighted by molar-refractivity contribution is 6.04. The van der Waals surface area contributed by atoms with Gasteiger partial charge >= 0.3 is 12.3 Å². The van der Waals surface area contributed by atoms with Gasteiger partial charge in [0.15, 0.2) is 0 Å². The van der Waals surface area contributed by atoms with Crippen molar-refractivity contribution in [1.29, 1.82) is 0 Å². The molecule has 0 fully saturated rings. The van der Waals surface area contributed by atoms with Crippen molar-refractivity contribution in [2.45, 2.75) is 18.8 Å². The lowest BCUT2D eigenvalue weighted by atomic mass is 9.90. The zero-order chi connectivity index (χ0) is 23.8. The zero-order valence-electron chi connectivity index (χ0n) is 16.8. The summed E-state index contributed by atoms with van der Waals surface area (Å²) < 4.78 is 69.1. The summed E-state index contributed by atoms with van der Waals surface area (Å²) in [4.78, 5) is 16.1. The molecular weight excluding hydrogens is 445 g/mol.